The topological polar surface area (TPSA) is 226 Å². The van der Waals surface area contributed by atoms with E-state index in [-0.39, 0.29) is 78.7 Å². The van der Waals surface area contributed by atoms with E-state index in [0.717, 1.165) is 0 Å². The maximum atomic E-state index is 14.2. The van der Waals surface area contributed by atoms with Crippen LogP contribution >= 0.6 is 71.1 Å². The van der Waals surface area contributed by atoms with E-state index in [1.54, 1.807) is 6.07 Å². The molecule has 1 aromatic rings. The number of alkyl halides is 4. The SMILES string of the molecule is Br.NC(CCC(=O)NC(CS(=O)(=O)CCOP(=O)(N(CCCl)CCCl)N(CCCl)CCCl)C(=O)N[C@@H](C(=O)O)c1ccccc1)C(=O)O. The number of aliphatic carboxylic acids is 2. The largest absolute Gasteiger partial charge is 0.480 e. The van der Waals surface area contributed by atoms with Gasteiger partial charge in [0.15, 0.2) is 15.9 Å². The molecule has 0 radical (unpaired) electrons. The van der Waals surface area contributed by atoms with Gasteiger partial charge < -0.3 is 31.1 Å². The second-order valence-electron chi connectivity index (χ2n) is 9.90. The van der Waals surface area contributed by atoms with Gasteiger partial charge in [0.2, 0.25) is 11.8 Å². The average molecular weight is 868 g/mol. The van der Waals surface area contributed by atoms with Crippen molar-refractivity contribution in [2.45, 2.75) is 31.0 Å². The van der Waals surface area contributed by atoms with Crippen LogP contribution < -0.4 is 16.4 Å². The summed E-state index contributed by atoms with van der Waals surface area (Å²) >= 11 is 23.6. The number of rotatable bonds is 25. The molecule has 3 atom stereocenters. The third-order valence-electron chi connectivity index (χ3n) is 6.48. The molecule has 0 aliphatic heterocycles. The fraction of sp³-hybridized carbons (Fsp3) is 0.615. The molecule has 0 heterocycles. The molecule has 15 nitrogen and oxygen atoms in total. The number of carboxylic acid groups (broad SMARTS) is 2. The standard InChI is InChI=1S/C26H40Cl4N5O10PS.BrH/c27-8-12-34(13-9-28)46(42,35(14-10-29)15-11-30)45-16-17-47(43,44)18-21(32-22(36)7-6-20(31)25(38)39)24(37)33-23(26(40)41)19-4-2-1-3-5-19;/h1-5,20-21,23H,6-18,31H2,(H,32,36)(H,33,37)(H,38,39)(H,40,41);1H/t20?,21?,23-;/m1./s1. The first-order valence-corrected chi connectivity index (χ1v) is 19.7. The third kappa shape index (κ3) is 16.2. The van der Waals surface area contributed by atoms with Gasteiger partial charge in [0, 0.05) is 56.1 Å². The zero-order chi connectivity index (χ0) is 35.6. The number of amides is 2. The maximum absolute atomic E-state index is 14.2. The summed E-state index contributed by atoms with van der Waals surface area (Å²) in [5.74, 6) is -6.46. The highest BCUT2D eigenvalue weighted by Crippen LogP contribution is 2.54. The van der Waals surface area contributed by atoms with Gasteiger partial charge in [-0.3, -0.25) is 18.9 Å². The second kappa shape index (κ2) is 24.0. The molecule has 2 unspecified atom stereocenters. The van der Waals surface area contributed by atoms with Crippen LogP contribution in [0.25, 0.3) is 0 Å². The van der Waals surface area contributed by atoms with Crippen LogP contribution in [0.15, 0.2) is 30.3 Å². The number of nitrogens with zero attached hydrogens (tertiary/aromatic N) is 2. The number of nitrogens with two attached hydrogens (primary N) is 1. The van der Waals surface area contributed by atoms with Crippen LogP contribution in [-0.4, -0.2) is 132 Å². The minimum atomic E-state index is -4.29. The van der Waals surface area contributed by atoms with Crippen molar-refractivity contribution in [2.24, 2.45) is 5.73 Å². The number of benzene rings is 1. The van der Waals surface area contributed by atoms with E-state index in [9.17, 15) is 37.3 Å². The summed E-state index contributed by atoms with van der Waals surface area (Å²) in [6.07, 6.45) is -0.798. The van der Waals surface area contributed by atoms with Crippen LogP contribution in [0.3, 0.4) is 0 Å². The fourth-order valence-corrected chi connectivity index (χ4v) is 9.20. The summed E-state index contributed by atoms with van der Waals surface area (Å²) in [5.41, 5.74) is 5.61. The van der Waals surface area contributed by atoms with Gasteiger partial charge in [-0.15, -0.1) is 63.4 Å². The number of nitrogens with one attached hydrogen (secondary N) is 2. The fourth-order valence-electron chi connectivity index (χ4n) is 4.12. The number of halogens is 5. The molecule has 6 N–H and O–H groups in total. The van der Waals surface area contributed by atoms with E-state index in [0.29, 0.717) is 0 Å². The Labute approximate surface area is 310 Å². The normalized spacial score (nSPS) is 13.7. The smallest absolute Gasteiger partial charge is 0.346 e. The molecule has 0 aromatic heterocycles. The van der Waals surface area contributed by atoms with Crippen molar-refractivity contribution in [3.05, 3.63) is 35.9 Å². The maximum Gasteiger partial charge on any atom is 0.346 e. The molecular weight excluding hydrogens is 827 g/mol. The lowest BCUT2D eigenvalue weighted by molar-refractivity contribution is -0.142. The number of carboxylic acids is 2. The molecule has 0 saturated heterocycles. The van der Waals surface area contributed by atoms with Crippen molar-refractivity contribution in [3.8, 4) is 0 Å². The molecule has 0 aliphatic rings. The highest BCUT2D eigenvalue weighted by atomic mass is 79.9. The van der Waals surface area contributed by atoms with E-state index in [2.05, 4.69) is 10.6 Å². The van der Waals surface area contributed by atoms with Crippen LogP contribution in [0.4, 0.5) is 0 Å². The Balaban J connectivity index is 0.0000221. The number of hydrogen-bond donors (Lipinski definition) is 5. The lowest BCUT2D eigenvalue weighted by atomic mass is 10.1. The molecule has 1 aromatic carbocycles. The predicted octanol–water partition coefficient (Wildman–Crippen LogP) is 2.28. The van der Waals surface area contributed by atoms with Gasteiger partial charge in [0.25, 0.3) is 0 Å². The monoisotopic (exact) mass is 865 g/mol. The zero-order valence-corrected chi connectivity index (χ0v) is 32.2. The summed E-state index contributed by atoms with van der Waals surface area (Å²) in [6.45, 7) is -0.327. The summed E-state index contributed by atoms with van der Waals surface area (Å²) in [6, 6.07) is 2.77. The van der Waals surface area contributed by atoms with E-state index in [4.69, 9.17) is 61.8 Å². The van der Waals surface area contributed by atoms with Crippen LogP contribution in [0.5, 0.6) is 0 Å². The summed E-state index contributed by atoms with van der Waals surface area (Å²) in [4.78, 5) is 48.9. The molecule has 0 saturated carbocycles. The minimum absolute atomic E-state index is 0. The summed E-state index contributed by atoms with van der Waals surface area (Å²) in [5, 5.41) is 23.2. The van der Waals surface area contributed by atoms with Crippen LogP contribution in [0, 0.1) is 0 Å². The van der Waals surface area contributed by atoms with E-state index in [1.807, 2.05) is 0 Å². The average Bonchev–Trinajstić information content (AvgIpc) is 3.01. The summed E-state index contributed by atoms with van der Waals surface area (Å²) in [7, 11) is -8.26. The van der Waals surface area contributed by atoms with Gasteiger partial charge in [0.1, 0.15) is 12.1 Å². The van der Waals surface area contributed by atoms with E-state index < -0.39 is 83.9 Å². The Bertz CT molecular complexity index is 1290. The van der Waals surface area contributed by atoms with Crippen LogP contribution in [0.2, 0.25) is 0 Å². The van der Waals surface area contributed by atoms with Gasteiger partial charge in [-0.2, -0.15) is 0 Å². The first-order valence-electron chi connectivity index (χ1n) is 14.2. The van der Waals surface area contributed by atoms with Crippen molar-refractivity contribution in [1.29, 1.82) is 0 Å². The predicted molar refractivity (Wildman–Crippen MR) is 190 cm³/mol. The number of hydrogen-bond acceptors (Lipinski definition) is 9. The zero-order valence-electron chi connectivity index (χ0n) is 25.7. The van der Waals surface area contributed by atoms with Crippen molar-refractivity contribution in [3.63, 3.8) is 0 Å². The third-order valence-corrected chi connectivity index (χ3v) is 11.5. The van der Waals surface area contributed by atoms with Crippen LogP contribution in [-0.2, 0) is 38.1 Å². The van der Waals surface area contributed by atoms with Gasteiger partial charge >= 0.3 is 19.6 Å². The molecule has 48 heavy (non-hydrogen) atoms. The van der Waals surface area contributed by atoms with Crippen molar-refractivity contribution in [2.75, 3.05) is 67.8 Å². The van der Waals surface area contributed by atoms with E-state index in [1.165, 1.54) is 33.6 Å². The molecule has 276 valence electrons. The number of carbonyl (C=O) groups is 4. The lowest BCUT2D eigenvalue weighted by Crippen LogP contribution is -2.52. The Kier molecular flexibility index (Phi) is 23.4. The van der Waals surface area contributed by atoms with Gasteiger partial charge in [-0.25, -0.2) is 22.6 Å². The molecule has 0 bridgehead atoms. The van der Waals surface area contributed by atoms with Crippen molar-refractivity contribution >= 4 is 105 Å². The molecular formula is C26H41BrCl4N5O10PS. The van der Waals surface area contributed by atoms with Gasteiger partial charge in [-0.1, -0.05) is 30.3 Å². The van der Waals surface area contributed by atoms with Crippen LogP contribution in [0.1, 0.15) is 24.4 Å². The Morgan fingerprint density at radius 1 is 0.875 bits per heavy atom. The Morgan fingerprint density at radius 2 is 1.38 bits per heavy atom. The van der Waals surface area contributed by atoms with Gasteiger partial charge in [0.05, 0.1) is 18.1 Å². The Hall–Kier alpha value is -1.24. The second-order valence-corrected chi connectivity index (χ2v) is 16.0. The lowest BCUT2D eigenvalue weighted by Gasteiger charge is -2.37. The van der Waals surface area contributed by atoms with E-state index >= 15 is 0 Å². The summed E-state index contributed by atoms with van der Waals surface area (Å²) < 4.78 is 49.2. The molecule has 0 aliphatic carbocycles. The molecule has 2 amide bonds. The molecule has 0 spiro atoms. The van der Waals surface area contributed by atoms with Gasteiger partial charge in [-0.05, 0) is 12.0 Å². The number of carbonyl (C=O) groups excluding carboxylic acids is 2. The highest BCUT2D eigenvalue weighted by Gasteiger charge is 2.39. The van der Waals surface area contributed by atoms with Crippen molar-refractivity contribution in [1.82, 2.24) is 20.0 Å². The molecule has 0 fully saturated rings. The first-order chi connectivity index (χ1) is 22.1. The quantitative estimate of drug-likeness (QED) is 0.0704. The molecule has 22 heteroatoms. The Morgan fingerprint density at radius 3 is 1.81 bits per heavy atom. The highest BCUT2D eigenvalue weighted by molar-refractivity contribution is 8.93. The van der Waals surface area contributed by atoms with Crippen molar-refractivity contribution < 1.29 is 46.9 Å². The number of sulfone groups is 1. The first kappa shape index (κ1) is 46.8. The minimum Gasteiger partial charge on any atom is -0.480 e. The molecule has 1 rings (SSSR count).